The van der Waals surface area contributed by atoms with Gasteiger partial charge in [-0.05, 0) is 12.1 Å². The van der Waals surface area contributed by atoms with Crippen molar-refractivity contribution in [1.29, 1.82) is 0 Å². The molecule has 0 unspecified atom stereocenters. The van der Waals surface area contributed by atoms with Gasteiger partial charge in [0, 0.05) is 29.7 Å². The van der Waals surface area contributed by atoms with E-state index in [0.717, 1.165) is 0 Å². The molecule has 0 aliphatic rings. The van der Waals surface area contributed by atoms with Crippen LogP contribution in [0.2, 0.25) is 0 Å². The van der Waals surface area contributed by atoms with Crippen LogP contribution in [0.25, 0.3) is 0 Å². The molecule has 16 heavy (non-hydrogen) atoms. The van der Waals surface area contributed by atoms with Gasteiger partial charge in [0.25, 0.3) is 0 Å². The van der Waals surface area contributed by atoms with Gasteiger partial charge in [-0.25, -0.2) is 9.18 Å². The van der Waals surface area contributed by atoms with Crippen molar-refractivity contribution >= 4 is 22.0 Å². The smallest absolute Gasteiger partial charge is 0.312 e. The summed E-state index contributed by atoms with van der Waals surface area (Å²) in [5.41, 5.74) is 5.47. The highest BCUT2D eigenvalue weighted by Gasteiger charge is 2.01. The number of carbonyl (C=O) groups excluding carboxylic acids is 1. The predicted molar refractivity (Wildman–Crippen MR) is 63.4 cm³/mol. The number of hydrogen-bond donors (Lipinski definition) is 3. The van der Waals surface area contributed by atoms with Crippen LogP contribution < -0.4 is 16.4 Å². The molecule has 1 aromatic carbocycles. The highest BCUT2D eigenvalue weighted by molar-refractivity contribution is 9.10. The number of hydrogen-bond acceptors (Lipinski definition) is 2. The van der Waals surface area contributed by atoms with Crippen molar-refractivity contribution in [2.45, 2.75) is 6.54 Å². The van der Waals surface area contributed by atoms with Crippen molar-refractivity contribution in [3.63, 3.8) is 0 Å². The van der Waals surface area contributed by atoms with Gasteiger partial charge in [0.1, 0.15) is 5.82 Å². The van der Waals surface area contributed by atoms with Crippen LogP contribution in [-0.4, -0.2) is 19.1 Å². The molecule has 0 atom stereocenters. The number of halogens is 2. The molecule has 0 bridgehead atoms. The molecular formula is C10H13BrFN3O. The van der Waals surface area contributed by atoms with E-state index >= 15 is 0 Å². The summed E-state index contributed by atoms with van der Waals surface area (Å²) in [6.45, 7) is 1.38. The van der Waals surface area contributed by atoms with Crippen LogP contribution in [0.15, 0.2) is 22.7 Å². The van der Waals surface area contributed by atoms with E-state index in [1.807, 2.05) is 0 Å². The second kappa shape index (κ2) is 6.44. The monoisotopic (exact) mass is 289 g/mol. The minimum atomic E-state index is -0.559. The van der Waals surface area contributed by atoms with Crippen LogP contribution in [0, 0.1) is 5.82 Å². The molecule has 0 heterocycles. The molecule has 6 heteroatoms. The molecule has 0 fully saturated rings. The summed E-state index contributed by atoms with van der Waals surface area (Å²) < 4.78 is 14.0. The van der Waals surface area contributed by atoms with Gasteiger partial charge >= 0.3 is 6.03 Å². The van der Waals surface area contributed by atoms with E-state index in [1.165, 1.54) is 6.07 Å². The summed E-state index contributed by atoms with van der Waals surface area (Å²) in [7, 11) is 0. The number of nitrogens with two attached hydrogens (primary N) is 1. The van der Waals surface area contributed by atoms with E-state index in [0.29, 0.717) is 29.7 Å². The van der Waals surface area contributed by atoms with Crippen LogP contribution in [0.3, 0.4) is 0 Å². The first-order chi connectivity index (χ1) is 7.59. The lowest BCUT2D eigenvalue weighted by Gasteiger charge is -2.06. The number of primary amides is 1. The molecular weight excluding hydrogens is 277 g/mol. The first-order valence-electron chi connectivity index (χ1n) is 4.77. The van der Waals surface area contributed by atoms with Gasteiger partial charge in [-0.2, -0.15) is 0 Å². The third-order valence-corrected chi connectivity index (χ3v) is 2.42. The highest BCUT2D eigenvalue weighted by Crippen LogP contribution is 2.14. The van der Waals surface area contributed by atoms with Gasteiger partial charge in [-0.3, -0.25) is 0 Å². The molecule has 0 aromatic heterocycles. The van der Waals surface area contributed by atoms with Crippen molar-refractivity contribution in [3.8, 4) is 0 Å². The van der Waals surface area contributed by atoms with Crippen molar-refractivity contribution in [2.24, 2.45) is 5.73 Å². The lowest BCUT2D eigenvalue weighted by Crippen LogP contribution is -2.35. The zero-order valence-corrected chi connectivity index (χ0v) is 10.2. The lowest BCUT2D eigenvalue weighted by atomic mass is 10.2. The van der Waals surface area contributed by atoms with Gasteiger partial charge in [0.15, 0.2) is 0 Å². The summed E-state index contributed by atoms with van der Waals surface area (Å²) in [6.07, 6.45) is 0. The normalized spacial score (nSPS) is 10.1. The third-order valence-electron chi connectivity index (χ3n) is 1.93. The molecule has 0 saturated heterocycles. The van der Waals surface area contributed by atoms with Gasteiger partial charge in [-0.15, -0.1) is 0 Å². The van der Waals surface area contributed by atoms with Crippen LogP contribution in [0.4, 0.5) is 9.18 Å². The number of carbonyl (C=O) groups is 1. The number of nitrogens with one attached hydrogen (secondary N) is 2. The number of benzene rings is 1. The fraction of sp³-hybridized carbons (Fsp3) is 0.300. The number of urea groups is 1. The minimum Gasteiger partial charge on any atom is -0.352 e. The third kappa shape index (κ3) is 4.59. The molecule has 4 N–H and O–H groups in total. The zero-order chi connectivity index (χ0) is 12.0. The molecule has 88 valence electrons. The van der Waals surface area contributed by atoms with Gasteiger partial charge in [-0.1, -0.05) is 22.0 Å². The maximum atomic E-state index is 13.3. The zero-order valence-electron chi connectivity index (χ0n) is 8.59. The molecule has 2 amide bonds. The first-order valence-corrected chi connectivity index (χ1v) is 5.57. The van der Waals surface area contributed by atoms with Crippen LogP contribution in [0.1, 0.15) is 5.56 Å². The second-order valence-corrected chi connectivity index (χ2v) is 4.12. The molecule has 0 aliphatic heterocycles. The van der Waals surface area contributed by atoms with Gasteiger partial charge in [0.2, 0.25) is 0 Å². The number of rotatable bonds is 5. The predicted octanol–water partition coefficient (Wildman–Crippen LogP) is 1.35. The topological polar surface area (TPSA) is 67.2 Å². The number of amides is 2. The van der Waals surface area contributed by atoms with Gasteiger partial charge < -0.3 is 16.4 Å². The fourth-order valence-corrected chi connectivity index (χ4v) is 1.50. The van der Waals surface area contributed by atoms with E-state index in [2.05, 4.69) is 26.6 Å². The SMILES string of the molecule is NC(=O)NCCNCc1ccc(Br)cc1F. The first kappa shape index (κ1) is 12.9. The summed E-state index contributed by atoms with van der Waals surface area (Å²) in [6, 6.07) is 4.34. The average molecular weight is 290 g/mol. The molecule has 1 aromatic rings. The minimum absolute atomic E-state index is 0.260. The molecule has 0 saturated carbocycles. The Kier molecular flexibility index (Phi) is 5.21. The van der Waals surface area contributed by atoms with Crippen molar-refractivity contribution in [1.82, 2.24) is 10.6 Å². The Morgan fingerprint density at radius 1 is 1.44 bits per heavy atom. The lowest BCUT2D eigenvalue weighted by molar-refractivity contribution is 0.249. The fourth-order valence-electron chi connectivity index (χ4n) is 1.16. The summed E-state index contributed by atoms with van der Waals surface area (Å²) in [5, 5.41) is 5.42. The van der Waals surface area contributed by atoms with Crippen LogP contribution in [0.5, 0.6) is 0 Å². The largest absolute Gasteiger partial charge is 0.352 e. The van der Waals surface area contributed by atoms with Crippen molar-refractivity contribution in [2.75, 3.05) is 13.1 Å². The molecule has 1 rings (SSSR count). The molecule has 0 aliphatic carbocycles. The molecule has 0 spiro atoms. The Bertz CT molecular complexity index is 373. The van der Waals surface area contributed by atoms with E-state index in [-0.39, 0.29) is 5.82 Å². The van der Waals surface area contributed by atoms with E-state index < -0.39 is 6.03 Å². The second-order valence-electron chi connectivity index (χ2n) is 3.20. The Morgan fingerprint density at radius 3 is 2.81 bits per heavy atom. The Balaban J connectivity index is 2.29. The van der Waals surface area contributed by atoms with Crippen molar-refractivity contribution < 1.29 is 9.18 Å². The van der Waals surface area contributed by atoms with Crippen molar-refractivity contribution in [3.05, 3.63) is 34.1 Å². The quantitative estimate of drug-likeness (QED) is 0.716. The Morgan fingerprint density at radius 2 is 2.19 bits per heavy atom. The van der Waals surface area contributed by atoms with E-state index in [9.17, 15) is 9.18 Å². The van der Waals surface area contributed by atoms with E-state index in [1.54, 1.807) is 12.1 Å². The highest BCUT2D eigenvalue weighted by atomic mass is 79.9. The van der Waals surface area contributed by atoms with Crippen LogP contribution >= 0.6 is 15.9 Å². The molecule has 0 radical (unpaired) electrons. The summed E-state index contributed by atoms with van der Waals surface area (Å²) in [5.74, 6) is -0.260. The van der Waals surface area contributed by atoms with Crippen LogP contribution in [-0.2, 0) is 6.54 Å². The Hall–Kier alpha value is -1.14. The maximum Gasteiger partial charge on any atom is 0.312 e. The summed E-state index contributed by atoms with van der Waals surface area (Å²) in [4.78, 5) is 10.3. The van der Waals surface area contributed by atoms with Gasteiger partial charge in [0.05, 0.1) is 0 Å². The molecule has 4 nitrogen and oxygen atoms in total. The standard InChI is InChI=1S/C10H13BrFN3O/c11-8-2-1-7(9(12)5-8)6-14-3-4-15-10(13)16/h1-2,5,14H,3-4,6H2,(H3,13,15,16). The summed E-state index contributed by atoms with van der Waals surface area (Å²) >= 11 is 3.18. The maximum absolute atomic E-state index is 13.3. The van der Waals surface area contributed by atoms with E-state index in [4.69, 9.17) is 5.73 Å². The average Bonchev–Trinajstić information content (AvgIpc) is 2.20. The Labute approximate surface area is 102 Å².